The van der Waals surface area contributed by atoms with Crippen molar-refractivity contribution in [1.29, 1.82) is 0 Å². The zero-order valence-electron chi connectivity index (χ0n) is 8.04. The third-order valence-corrected chi connectivity index (χ3v) is 2.95. The van der Waals surface area contributed by atoms with Gasteiger partial charge in [-0.3, -0.25) is 0 Å². The van der Waals surface area contributed by atoms with E-state index in [9.17, 15) is 10.2 Å². The van der Waals surface area contributed by atoms with Gasteiger partial charge < -0.3 is 10.2 Å². The molecule has 0 aromatic carbocycles. The first-order valence-electron chi connectivity index (χ1n) is 4.48. The summed E-state index contributed by atoms with van der Waals surface area (Å²) in [5, 5.41) is 18.8. The van der Waals surface area contributed by atoms with Gasteiger partial charge in [0.1, 0.15) is 0 Å². The van der Waals surface area contributed by atoms with E-state index in [-0.39, 0.29) is 5.41 Å². The molecule has 0 aromatic heterocycles. The molecule has 0 aromatic rings. The first kappa shape index (κ1) is 9.75. The molecule has 0 fully saturated rings. The number of allylic oxidation sites excluding steroid dienone is 1. The molecule has 1 aliphatic carbocycles. The molecule has 0 saturated carbocycles. The lowest BCUT2D eigenvalue weighted by atomic mass is 9.82. The van der Waals surface area contributed by atoms with Crippen LogP contribution < -0.4 is 0 Å². The van der Waals surface area contributed by atoms with Crippen LogP contribution in [0.15, 0.2) is 11.6 Å². The topological polar surface area (TPSA) is 40.5 Å². The minimum absolute atomic E-state index is 0.123. The summed E-state index contributed by atoms with van der Waals surface area (Å²) in [5.74, 6) is 0. The molecular formula is C10H18O2. The molecule has 0 saturated heterocycles. The zero-order chi connectivity index (χ0) is 9.35. The number of hydrogen-bond donors (Lipinski definition) is 2. The van der Waals surface area contributed by atoms with Gasteiger partial charge in [-0.15, -0.1) is 0 Å². The van der Waals surface area contributed by atoms with Gasteiger partial charge in [-0.25, -0.2) is 0 Å². The normalized spacial score (nSPS) is 35.6. The molecule has 2 N–H and O–H groups in total. The second-order valence-electron chi connectivity index (χ2n) is 4.33. The Morgan fingerprint density at radius 3 is 2.58 bits per heavy atom. The summed E-state index contributed by atoms with van der Waals surface area (Å²) in [5.41, 5.74) is 1.30. The van der Waals surface area contributed by atoms with E-state index in [1.807, 2.05) is 6.92 Å². The fraction of sp³-hybridized carbons (Fsp3) is 0.800. The fourth-order valence-electron chi connectivity index (χ4n) is 1.47. The summed E-state index contributed by atoms with van der Waals surface area (Å²) < 4.78 is 0. The smallest absolute Gasteiger partial charge is 0.0982 e. The molecule has 0 bridgehead atoms. The van der Waals surface area contributed by atoms with Gasteiger partial charge in [-0.2, -0.15) is 0 Å². The number of aliphatic hydroxyl groups excluding tert-OH is 2. The van der Waals surface area contributed by atoms with Crippen LogP contribution in [0.3, 0.4) is 0 Å². The fourth-order valence-corrected chi connectivity index (χ4v) is 1.47. The maximum atomic E-state index is 9.43. The molecule has 1 rings (SSSR count). The summed E-state index contributed by atoms with van der Waals surface area (Å²) >= 11 is 0. The van der Waals surface area contributed by atoms with Gasteiger partial charge in [0.25, 0.3) is 0 Å². The van der Waals surface area contributed by atoms with E-state index in [1.165, 1.54) is 5.57 Å². The Kier molecular flexibility index (Phi) is 2.59. The highest BCUT2D eigenvalue weighted by molar-refractivity contribution is 5.14. The third-order valence-electron chi connectivity index (χ3n) is 2.95. The average molecular weight is 170 g/mol. The van der Waals surface area contributed by atoms with E-state index in [4.69, 9.17) is 0 Å². The van der Waals surface area contributed by atoms with Crippen molar-refractivity contribution in [1.82, 2.24) is 0 Å². The minimum Gasteiger partial charge on any atom is -0.390 e. The molecule has 0 radical (unpaired) electrons. The second-order valence-corrected chi connectivity index (χ2v) is 4.33. The second kappa shape index (κ2) is 3.19. The predicted molar refractivity (Wildman–Crippen MR) is 48.8 cm³/mol. The van der Waals surface area contributed by atoms with Crippen molar-refractivity contribution in [3.63, 3.8) is 0 Å². The van der Waals surface area contributed by atoms with Gasteiger partial charge in [0.15, 0.2) is 0 Å². The largest absolute Gasteiger partial charge is 0.390 e. The summed E-state index contributed by atoms with van der Waals surface area (Å²) in [7, 11) is 0. The van der Waals surface area contributed by atoms with Crippen LogP contribution in [0.4, 0.5) is 0 Å². The predicted octanol–water partition coefficient (Wildman–Crippen LogP) is 1.47. The molecule has 0 amide bonds. The van der Waals surface area contributed by atoms with Crippen molar-refractivity contribution in [3.8, 4) is 0 Å². The van der Waals surface area contributed by atoms with E-state index < -0.39 is 12.2 Å². The lowest BCUT2D eigenvalue weighted by Gasteiger charge is -2.23. The Balaban J connectivity index is 2.85. The van der Waals surface area contributed by atoms with E-state index >= 15 is 0 Å². The Bertz CT molecular complexity index is 194. The Morgan fingerprint density at radius 1 is 1.42 bits per heavy atom. The molecule has 1 aliphatic rings. The highest BCUT2D eigenvalue weighted by Crippen LogP contribution is 2.35. The monoisotopic (exact) mass is 170 g/mol. The van der Waals surface area contributed by atoms with Gasteiger partial charge in [0, 0.05) is 0 Å². The van der Waals surface area contributed by atoms with Crippen LogP contribution >= 0.6 is 0 Å². The molecule has 0 heterocycles. The van der Waals surface area contributed by atoms with Crippen molar-refractivity contribution in [2.45, 2.75) is 45.8 Å². The van der Waals surface area contributed by atoms with Crippen LogP contribution in [-0.4, -0.2) is 22.4 Å². The SMILES string of the molecule is CC1=CC(O)C(O)CCC1(C)C. The molecule has 2 heteroatoms. The van der Waals surface area contributed by atoms with Gasteiger partial charge in [0.05, 0.1) is 12.2 Å². The molecule has 70 valence electrons. The van der Waals surface area contributed by atoms with Gasteiger partial charge in [-0.1, -0.05) is 25.5 Å². The summed E-state index contributed by atoms with van der Waals surface area (Å²) in [6, 6.07) is 0. The van der Waals surface area contributed by atoms with Crippen molar-refractivity contribution in [2.75, 3.05) is 0 Å². The third kappa shape index (κ3) is 1.87. The highest BCUT2D eigenvalue weighted by atomic mass is 16.3. The van der Waals surface area contributed by atoms with E-state index in [0.29, 0.717) is 6.42 Å². The van der Waals surface area contributed by atoms with Crippen LogP contribution in [0, 0.1) is 5.41 Å². The molecule has 12 heavy (non-hydrogen) atoms. The summed E-state index contributed by atoms with van der Waals surface area (Å²) in [4.78, 5) is 0. The van der Waals surface area contributed by atoms with Crippen molar-refractivity contribution < 1.29 is 10.2 Å². The zero-order valence-corrected chi connectivity index (χ0v) is 8.04. The van der Waals surface area contributed by atoms with Crippen LogP contribution in [0.1, 0.15) is 33.6 Å². The quantitative estimate of drug-likeness (QED) is 0.540. The highest BCUT2D eigenvalue weighted by Gasteiger charge is 2.28. The molecular weight excluding hydrogens is 152 g/mol. The lowest BCUT2D eigenvalue weighted by molar-refractivity contribution is 0.0418. The number of hydrogen-bond acceptors (Lipinski definition) is 2. The Morgan fingerprint density at radius 2 is 2.00 bits per heavy atom. The van der Waals surface area contributed by atoms with Gasteiger partial charge >= 0.3 is 0 Å². The van der Waals surface area contributed by atoms with E-state index in [0.717, 1.165) is 6.42 Å². The maximum absolute atomic E-state index is 9.43. The first-order chi connectivity index (χ1) is 5.43. The maximum Gasteiger partial charge on any atom is 0.0982 e. The van der Waals surface area contributed by atoms with Crippen LogP contribution in [-0.2, 0) is 0 Å². The van der Waals surface area contributed by atoms with Gasteiger partial charge in [0.2, 0.25) is 0 Å². The Hall–Kier alpha value is -0.340. The van der Waals surface area contributed by atoms with Crippen LogP contribution in [0.25, 0.3) is 0 Å². The molecule has 2 nitrogen and oxygen atoms in total. The van der Waals surface area contributed by atoms with Crippen molar-refractivity contribution in [3.05, 3.63) is 11.6 Å². The number of aliphatic hydroxyl groups is 2. The molecule has 2 unspecified atom stereocenters. The molecule has 2 atom stereocenters. The van der Waals surface area contributed by atoms with Crippen LogP contribution in [0.5, 0.6) is 0 Å². The summed E-state index contributed by atoms with van der Waals surface area (Å²) in [6.45, 7) is 6.30. The standard InChI is InChI=1S/C10H18O2/c1-7-6-9(12)8(11)4-5-10(7,2)3/h6,8-9,11-12H,4-5H2,1-3H3. The lowest BCUT2D eigenvalue weighted by Crippen LogP contribution is -2.22. The van der Waals surface area contributed by atoms with Crippen molar-refractivity contribution >= 4 is 0 Å². The van der Waals surface area contributed by atoms with Gasteiger partial charge in [-0.05, 0) is 25.2 Å². The Labute approximate surface area is 73.9 Å². The van der Waals surface area contributed by atoms with E-state index in [2.05, 4.69) is 13.8 Å². The number of rotatable bonds is 0. The molecule has 0 spiro atoms. The molecule has 0 aliphatic heterocycles. The van der Waals surface area contributed by atoms with Crippen LogP contribution in [0.2, 0.25) is 0 Å². The van der Waals surface area contributed by atoms with Crippen molar-refractivity contribution in [2.24, 2.45) is 5.41 Å². The van der Waals surface area contributed by atoms with E-state index in [1.54, 1.807) is 6.08 Å². The first-order valence-corrected chi connectivity index (χ1v) is 4.48. The summed E-state index contributed by atoms with van der Waals surface area (Å²) in [6.07, 6.45) is 2.14. The average Bonchev–Trinajstić information content (AvgIpc) is 2.05. The minimum atomic E-state index is -0.674.